The van der Waals surface area contributed by atoms with Crippen LogP contribution in [0.5, 0.6) is 0 Å². The Kier molecular flexibility index (Phi) is 8.50. The Morgan fingerprint density at radius 3 is 1.25 bits per heavy atom. The molecule has 1 saturated carbocycles. The maximum atomic E-state index is 6.85. The Hall–Kier alpha value is -3.36. The van der Waals surface area contributed by atoms with E-state index in [0.717, 1.165) is 12.8 Å². The zero-order valence-corrected chi connectivity index (χ0v) is 28.2. The largest absolute Gasteiger partial charge is 0.336 e. The van der Waals surface area contributed by atoms with Crippen LogP contribution in [-0.4, -0.2) is 10.6 Å². The van der Waals surface area contributed by atoms with Crippen LogP contribution in [0.3, 0.4) is 0 Å². The Morgan fingerprint density at radius 2 is 0.886 bits per heavy atom. The van der Waals surface area contributed by atoms with E-state index in [1.165, 1.54) is 79.2 Å². The number of benzene rings is 4. The molecule has 1 aromatic heterocycles. The minimum Gasteiger partial charge on any atom is -0.336 e. The number of rotatable bonds is 7. The molecule has 2 heteroatoms. The molecule has 2 atom stereocenters. The van der Waals surface area contributed by atoms with Crippen molar-refractivity contribution in [3.63, 3.8) is 0 Å². The van der Waals surface area contributed by atoms with E-state index in [-0.39, 0.29) is 6.04 Å². The van der Waals surface area contributed by atoms with E-state index in [0.29, 0.717) is 29.7 Å². The average Bonchev–Trinajstić information content (AvgIpc) is 3.33. The van der Waals surface area contributed by atoms with Crippen molar-refractivity contribution in [1.82, 2.24) is 4.57 Å². The normalized spacial score (nSPS) is 17.7. The lowest BCUT2D eigenvalue weighted by atomic mass is 9.90. The summed E-state index contributed by atoms with van der Waals surface area (Å²) in [6.45, 7) is 18.4. The molecule has 0 radical (unpaired) electrons. The summed E-state index contributed by atoms with van der Waals surface area (Å²) in [6, 6.07) is 29.3. The maximum Gasteiger partial charge on any atom is 0.0494 e. The van der Waals surface area contributed by atoms with Gasteiger partial charge in [-0.3, -0.25) is 0 Å². The summed E-state index contributed by atoms with van der Waals surface area (Å²) >= 11 is 0. The fourth-order valence-corrected chi connectivity index (χ4v) is 7.25. The van der Waals surface area contributed by atoms with Crippen LogP contribution in [0.25, 0.3) is 44.1 Å². The molecule has 0 unspecified atom stereocenters. The van der Waals surface area contributed by atoms with Crippen LogP contribution in [-0.2, 0) is 0 Å². The number of nitrogens with two attached hydrogens (primary N) is 1. The lowest BCUT2D eigenvalue weighted by Crippen LogP contribution is -2.34. The van der Waals surface area contributed by atoms with Gasteiger partial charge in [-0.05, 0) is 105 Å². The number of hydrogen-bond acceptors (Lipinski definition) is 1. The molecule has 0 amide bonds. The van der Waals surface area contributed by atoms with Crippen LogP contribution < -0.4 is 5.73 Å². The van der Waals surface area contributed by atoms with E-state index in [9.17, 15) is 0 Å². The van der Waals surface area contributed by atoms with E-state index in [1.54, 1.807) is 0 Å². The summed E-state index contributed by atoms with van der Waals surface area (Å²) in [5.41, 5.74) is 20.4. The summed E-state index contributed by atoms with van der Waals surface area (Å²) in [7, 11) is 0. The molecule has 0 spiro atoms. The SMILES string of the molecule is CC(C)c1cc(-c2ccc3c(c2)c2cc(-c4cc(C(C)C)cc(C(C)C)c4)ccc2n3[C@H]2CCCC[C@@H]2N)cc(C(C)C)c1. The van der Waals surface area contributed by atoms with Gasteiger partial charge in [0.1, 0.15) is 0 Å². The second-order valence-electron chi connectivity index (χ2n) is 14.7. The van der Waals surface area contributed by atoms with E-state index >= 15 is 0 Å². The zero-order chi connectivity index (χ0) is 31.3. The molecule has 0 saturated heterocycles. The van der Waals surface area contributed by atoms with Crippen molar-refractivity contribution in [2.75, 3.05) is 0 Å². The summed E-state index contributed by atoms with van der Waals surface area (Å²) in [5.74, 6) is 1.97. The molecular weight excluding hydrogens is 532 g/mol. The van der Waals surface area contributed by atoms with Gasteiger partial charge in [-0.25, -0.2) is 0 Å². The molecule has 1 aliphatic carbocycles. The lowest BCUT2D eigenvalue weighted by molar-refractivity contribution is 0.318. The minimum atomic E-state index is 0.189. The zero-order valence-electron chi connectivity index (χ0n) is 28.2. The van der Waals surface area contributed by atoms with E-state index in [4.69, 9.17) is 5.73 Å². The Morgan fingerprint density at radius 1 is 0.500 bits per heavy atom. The second kappa shape index (κ2) is 12.2. The van der Waals surface area contributed by atoms with Gasteiger partial charge in [0.15, 0.2) is 0 Å². The first kappa shape index (κ1) is 30.7. The molecule has 2 nitrogen and oxygen atoms in total. The third-order valence-corrected chi connectivity index (χ3v) is 10.2. The van der Waals surface area contributed by atoms with Gasteiger partial charge in [0.2, 0.25) is 0 Å². The van der Waals surface area contributed by atoms with Crippen LogP contribution in [0.1, 0.15) is 133 Å². The number of aromatic nitrogens is 1. The Bertz CT molecular complexity index is 1630. The summed E-state index contributed by atoms with van der Waals surface area (Å²) in [4.78, 5) is 0. The van der Waals surface area contributed by atoms with Crippen molar-refractivity contribution in [1.29, 1.82) is 0 Å². The van der Waals surface area contributed by atoms with Crippen molar-refractivity contribution in [3.8, 4) is 22.3 Å². The Balaban J connectivity index is 1.60. The molecule has 230 valence electrons. The molecule has 4 aromatic carbocycles. The maximum absolute atomic E-state index is 6.85. The fourth-order valence-electron chi connectivity index (χ4n) is 7.25. The Labute approximate surface area is 265 Å². The topological polar surface area (TPSA) is 30.9 Å². The predicted molar refractivity (Wildman–Crippen MR) is 192 cm³/mol. The van der Waals surface area contributed by atoms with Crippen LogP contribution in [0.4, 0.5) is 0 Å². The highest BCUT2D eigenvalue weighted by Crippen LogP contribution is 2.41. The van der Waals surface area contributed by atoms with Crippen molar-refractivity contribution in [2.24, 2.45) is 5.73 Å². The van der Waals surface area contributed by atoms with Crippen LogP contribution in [0.2, 0.25) is 0 Å². The molecule has 5 aromatic rings. The second-order valence-corrected chi connectivity index (χ2v) is 14.7. The van der Waals surface area contributed by atoms with Gasteiger partial charge in [-0.15, -0.1) is 0 Å². The third-order valence-electron chi connectivity index (χ3n) is 10.2. The highest BCUT2D eigenvalue weighted by atomic mass is 15.0. The van der Waals surface area contributed by atoms with Gasteiger partial charge in [0, 0.05) is 33.9 Å². The molecule has 6 rings (SSSR count). The standard InChI is InChI=1S/C42H52N2/c1-25(2)31-17-32(26(3)4)20-35(19-31)29-13-15-40-37(23-29)38-24-30(36-21-33(27(5)6)18-34(22-36)28(7)8)14-16-41(38)44(40)42-12-10-9-11-39(42)43/h13-28,39,42H,9-12,43H2,1-8H3/t39-,42-/m0/s1. The molecule has 1 heterocycles. The van der Waals surface area contributed by atoms with Crippen LogP contribution >= 0.6 is 0 Å². The van der Waals surface area contributed by atoms with Crippen molar-refractivity contribution in [3.05, 3.63) is 95.1 Å². The first-order valence-corrected chi connectivity index (χ1v) is 17.2. The molecule has 0 aliphatic heterocycles. The van der Waals surface area contributed by atoms with E-state index in [1.807, 2.05) is 0 Å². The molecule has 44 heavy (non-hydrogen) atoms. The summed E-state index contributed by atoms with van der Waals surface area (Å²) in [6.07, 6.45) is 4.72. The third kappa shape index (κ3) is 5.74. The highest BCUT2D eigenvalue weighted by molar-refractivity contribution is 6.10. The van der Waals surface area contributed by atoms with E-state index in [2.05, 4.69) is 133 Å². The van der Waals surface area contributed by atoms with Gasteiger partial charge in [0.05, 0.1) is 0 Å². The van der Waals surface area contributed by atoms with Gasteiger partial charge in [-0.1, -0.05) is 117 Å². The molecule has 1 fully saturated rings. The monoisotopic (exact) mass is 584 g/mol. The van der Waals surface area contributed by atoms with E-state index < -0.39 is 0 Å². The molecular formula is C42H52N2. The van der Waals surface area contributed by atoms with Crippen molar-refractivity contribution in [2.45, 2.75) is 117 Å². The predicted octanol–water partition coefficient (Wildman–Crippen LogP) is 12.1. The first-order chi connectivity index (χ1) is 21.0. The van der Waals surface area contributed by atoms with Crippen molar-refractivity contribution < 1.29 is 0 Å². The van der Waals surface area contributed by atoms with Gasteiger partial charge in [-0.2, -0.15) is 0 Å². The summed E-state index contributed by atoms with van der Waals surface area (Å²) in [5, 5.41) is 2.67. The number of hydrogen-bond donors (Lipinski definition) is 1. The number of nitrogens with zero attached hydrogens (tertiary/aromatic N) is 1. The quantitative estimate of drug-likeness (QED) is 0.203. The van der Waals surface area contributed by atoms with Crippen molar-refractivity contribution >= 4 is 21.8 Å². The van der Waals surface area contributed by atoms with Gasteiger partial charge >= 0.3 is 0 Å². The number of fused-ring (bicyclic) bond motifs is 3. The fraction of sp³-hybridized carbons (Fsp3) is 0.429. The van der Waals surface area contributed by atoms with Gasteiger partial charge < -0.3 is 10.3 Å². The van der Waals surface area contributed by atoms with Crippen LogP contribution in [0.15, 0.2) is 72.8 Å². The minimum absolute atomic E-state index is 0.189. The highest BCUT2D eigenvalue weighted by Gasteiger charge is 2.27. The molecule has 1 aliphatic rings. The average molecular weight is 585 g/mol. The van der Waals surface area contributed by atoms with Crippen LogP contribution in [0, 0.1) is 0 Å². The smallest absolute Gasteiger partial charge is 0.0494 e. The lowest BCUT2D eigenvalue weighted by Gasteiger charge is -2.31. The summed E-state index contributed by atoms with van der Waals surface area (Å²) < 4.78 is 2.59. The van der Waals surface area contributed by atoms with Gasteiger partial charge in [0.25, 0.3) is 0 Å². The molecule has 0 bridgehead atoms. The first-order valence-electron chi connectivity index (χ1n) is 17.2. The molecule has 2 N–H and O–H groups in total.